The lowest BCUT2D eigenvalue weighted by Gasteiger charge is -2.22. The molecule has 0 fully saturated rings. The van der Waals surface area contributed by atoms with Crippen LogP contribution in [0, 0.1) is 12.3 Å². The summed E-state index contributed by atoms with van der Waals surface area (Å²) in [6.45, 7) is 3.56. The summed E-state index contributed by atoms with van der Waals surface area (Å²) in [4.78, 5) is 11.7. The fourth-order valence-electron chi connectivity index (χ4n) is 1.21. The highest BCUT2D eigenvalue weighted by Gasteiger charge is 2.22. The average Bonchev–Trinajstić information content (AvgIpc) is 2.17. The van der Waals surface area contributed by atoms with Crippen molar-refractivity contribution in [3.05, 3.63) is 29.8 Å². The molecule has 0 amide bonds. The highest BCUT2D eigenvalue weighted by Crippen LogP contribution is 2.17. The molecule has 3 nitrogen and oxygen atoms in total. The van der Waals surface area contributed by atoms with Crippen LogP contribution in [0.3, 0.4) is 0 Å². The molecule has 0 radical (unpaired) electrons. The molecule has 0 aliphatic carbocycles. The Labute approximate surface area is 95.6 Å². The van der Waals surface area contributed by atoms with Crippen molar-refractivity contribution < 1.29 is 9.53 Å². The average molecular weight is 217 g/mol. The Balaban J connectivity index is 2.73. The lowest BCUT2D eigenvalue weighted by Crippen LogP contribution is -2.27. The number of terminal acetylenes is 1. The van der Waals surface area contributed by atoms with Crippen molar-refractivity contribution in [1.29, 1.82) is 0 Å². The van der Waals surface area contributed by atoms with Crippen molar-refractivity contribution in [3.8, 4) is 12.3 Å². The third kappa shape index (κ3) is 3.32. The van der Waals surface area contributed by atoms with Crippen LogP contribution in [0.15, 0.2) is 24.3 Å². The molecule has 1 aromatic rings. The molecule has 0 saturated heterocycles. The summed E-state index contributed by atoms with van der Waals surface area (Å²) in [5, 5.41) is 0. The van der Waals surface area contributed by atoms with E-state index in [-0.39, 0.29) is 5.97 Å². The molecular formula is C13H15NO2. The van der Waals surface area contributed by atoms with Gasteiger partial charge in [0, 0.05) is 12.1 Å². The Hall–Kier alpha value is -1.95. The van der Waals surface area contributed by atoms with Crippen LogP contribution in [0.1, 0.15) is 30.6 Å². The number of anilines is 1. The zero-order valence-corrected chi connectivity index (χ0v) is 9.49. The first-order valence-electron chi connectivity index (χ1n) is 4.97. The fraction of sp³-hybridized carbons (Fsp3) is 0.308. The van der Waals surface area contributed by atoms with Gasteiger partial charge in [-0.3, -0.25) is 0 Å². The number of ether oxygens (including phenoxy) is 1. The SMILES string of the molecule is C#CCC(C)(C)OC(=O)c1ccc(N)cc1. The standard InChI is InChI=1S/C13H15NO2/c1-4-9-13(2,3)16-12(15)10-5-7-11(14)8-6-10/h1,5-8H,9,14H2,2-3H3. The number of esters is 1. The van der Waals surface area contributed by atoms with E-state index >= 15 is 0 Å². The second kappa shape index (κ2) is 4.71. The van der Waals surface area contributed by atoms with E-state index in [9.17, 15) is 4.79 Å². The quantitative estimate of drug-likeness (QED) is 0.480. The zero-order chi connectivity index (χ0) is 12.2. The molecule has 0 bridgehead atoms. The molecule has 0 spiro atoms. The van der Waals surface area contributed by atoms with Crippen molar-refractivity contribution in [2.24, 2.45) is 0 Å². The Morgan fingerprint density at radius 1 is 1.44 bits per heavy atom. The molecule has 0 saturated carbocycles. The second-order valence-corrected chi connectivity index (χ2v) is 4.15. The predicted octanol–water partition coefficient (Wildman–Crippen LogP) is 2.23. The topological polar surface area (TPSA) is 52.3 Å². The van der Waals surface area contributed by atoms with E-state index in [0.717, 1.165) is 0 Å². The van der Waals surface area contributed by atoms with E-state index in [0.29, 0.717) is 17.7 Å². The first-order valence-corrected chi connectivity index (χ1v) is 4.97. The van der Waals surface area contributed by atoms with E-state index in [2.05, 4.69) is 5.92 Å². The molecule has 0 atom stereocenters. The number of nitrogens with two attached hydrogens (primary N) is 1. The normalized spacial score (nSPS) is 10.6. The van der Waals surface area contributed by atoms with E-state index in [1.165, 1.54) is 0 Å². The first kappa shape index (κ1) is 12.1. The van der Waals surface area contributed by atoms with Crippen LogP contribution in [0.25, 0.3) is 0 Å². The summed E-state index contributed by atoms with van der Waals surface area (Å²) >= 11 is 0. The van der Waals surface area contributed by atoms with Crippen LogP contribution < -0.4 is 5.73 Å². The van der Waals surface area contributed by atoms with Gasteiger partial charge >= 0.3 is 5.97 Å². The van der Waals surface area contributed by atoms with Gasteiger partial charge in [-0.25, -0.2) is 4.79 Å². The summed E-state index contributed by atoms with van der Waals surface area (Å²) < 4.78 is 5.28. The van der Waals surface area contributed by atoms with Crippen LogP contribution in [0.2, 0.25) is 0 Å². The maximum Gasteiger partial charge on any atom is 0.338 e. The number of rotatable bonds is 3. The molecule has 0 aliphatic rings. The van der Waals surface area contributed by atoms with Gasteiger partial charge < -0.3 is 10.5 Å². The van der Waals surface area contributed by atoms with E-state index in [4.69, 9.17) is 16.9 Å². The van der Waals surface area contributed by atoms with Gasteiger partial charge in [0.25, 0.3) is 0 Å². The van der Waals surface area contributed by atoms with Crippen molar-refractivity contribution in [1.82, 2.24) is 0 Å². The lowest BCUT2D eigenvalue weighted by molar-refractivity contribution is 0.00132. The van der Waals surface area contributed by atoms with Gasteiger partial charge in [0.1, 0.15) is 5.60 Å². The van der Waals surface area contributed by atoms with Gasteiger partial charge in [-0.05, 0) is 38.1 Å². The van der Waals surface area contributed by atoms with E-state index in [1.807, 2.05) is 0 Å². The third-order valence-corrected chi connectivity index (χ3v) is 2.04. The first-order chi connectivity index (χ1) is 7.44. The van der Waals surface area contributed by atoms with Gasteiger partial charge in [-0.15, -0.1) is 12.3 Å². The Morgan fingerprint density at radius 3 is 2.50 bits per heavy atom. The van der Waals surface area contributed by atoms with E-state index in [1.54, 1.807) is 38.1 Å². The molecule has 0 unspecified atom stereocenters. The Morgan fingerprint density at radius 2 is 2.00 bits per heavy atom. The van der Waals surface area contributed by atoms with Crippen LogP contribution in [-0.2, 0) is 4.74 Å². The molecule has 0 aromatic heterocycles. The van der Waals surface area contributed by atoms with Gasteiger partial charge in [0.15, 0.2) is 0 Å². The fourth-order valence-corrected chi connectivity index (χ4v) is 1.21. The highest BCUT2D eigenvalue weighted by atomic mass is 16.6. The number of hydrogen-bond acceptors (Lipinski definition) is 3. The lowest BCUT2D eigenvalue weighted by atomic mass is 10.1. The van der Waals surface area contributed by atoms with Crippen LogP contribution in [0.5, 0.6) is 0 Å². The summed E-state index contributed by atoms with van der Waals surface area (Å²) in [6, 6.07) is 6.57. The minimum absolute atomic E-state index is 0.383. The van der Waals surface area contributed by atoms with Crippen molar-refractivity contribution in [2.75, 3.05) is 5.73 Å². The number of hydrogen-bond donors (Lipinski definition) is 1. The molecule has 84 valence electrons. The number of carbonyl (C=O) groups is 1. The molecule has 0 aliphatic heterocycles. The van der Waals surface area contributed by atoms with Gasteiger partial charge in [-0.1, -0.05) is 0 Å². The Kier molecular flexibility index (Phi) is 3.57. The number of carbonyl (C=O) groups excluding carboxylic acids is 1. The van der Waals surface area contributed by atoms with Crippen molar-refractivity contribution in [2.45, 2.75) is 25.9 Å². The smallest absolute Gasteiger partial charge is 0.338 e. The molecule has 1 rings (SSSR count). The maximum atomic E-state index is 11.7. The highest BCUT2D eigenvalue weighted by molar-refractivity contribution is 5.90. The van der Waals surface area contributed by atoms with Crippen LogP contribution in [0.4, 0.5) is 5.69 Å². The summed E-state index contributed by atoms with van der Waals surface area (Å²) in [5.41, 5.74) is 5.96. The summed E-state index contributed by atoms with van der Waals surface area (Å²) in [5.74, 6) is 2.09. The van der Waals surface area contributed by atoms with Gasteiger partial charge in [-0.2, -0.15) is 0 Å². The molecule has 3 heteroatoms. The summed E-state index contributed by atoms with van der Waals surface area (Å²) in [6.07, 6.45) is 5.57. The monoisotopic (exact) mass is 217 g/mol. The van der Waals surface area contributed by atoms with Crippen LogP contribution in [-0.4, -0.2) is 11.6 Å². The molecule has 2 N–H and O–H groups in total. The van der Waals surface area contributed by atoms with Gasteiger partial charge in [0.05, 0.1) is 5.56 Å². The maximum absolute atomic E-state index is 11.7. The van der Waals surface area contributed by atoms with Crippen molar-refractivity contribution >= 4 is 11.7 Å². The molecule has 1 aromatic carbocycles. The minimum Gasteiger partial charge on any atom is -0.455 e. The minimum atomic E-state index is -0.646. The molecular weight excluding hydrogens is 202 g/mol. The van der Waals surface area contributed by atoms with Gasteiger partial charge in [0.2, 0.25) is 0 Å². The molecule has 0 heterocycles. The predicted molar refractivity (Wildman–Crippen MR) is 63.8 cm³/mol. The summed E-state index contributed by atoms with van der Waals surface area (Å²) in [7, 11) is 0. The van der Waals surface area contributed by atoms with Crippen molar-refractivity contribution in [3.63, 3.8) is 0 Å². The molecule has 16 heavy (non-hydrogen) atoms. The van der Waals surface area contributed by atoms with E-state index < -0.39 is 5.60 Å². The number of nitrogen functional groups attached to an aromatic ring is 1. The Bertz CT molecular complexity index is 413. The third-order valence-electron chi connectivity index (χ3n) is 2.04. The largest absolute Gasteiger partial charge is 0.455 e. The van der Waals surface area contributed by atoms with Crippen LogP contribution >= 0.6 is 0 Å². The number of benzene rings is 1. The zero-order valence-electron chi connectivity index (χ0n) is 9.49. The second-order valence-electron chi connectivity index (χ2n) is 4.15.